The van der Waals surface area contributed by atoms with E-state index in [9.17, 15) is 9.59 Å². The summed E-state index contributed by atoms with van der Waals surface area (Å²) in [6.07, 6.45) is 3.58. The van der Waals surface area contributed by atoms with Gasteiger partial charge in [-0.1, -0.05) is 6.08 Å². The lowest BCUT2D eigenvalue weighted by molar-refractivity contribution is -0.167. The number of amides is 1. The van der Waals surface area contributed by atoms with Gasteiger partial charge in [0.05, 0.1) is 25.4 Å². The lowest BCUT2D eigenvalue weighted by atomic mass is 9.73. The predicted molar refractivity (Wildman–Crippen MR) is 89.6 cm³/mol. The van der Waals surface area contributed by atoms with Gasteiger partial charge in [0.1, 0.15) is 11.6 Å². The van der Waals surface area contributed by atoms with Gasteiger partial charge in [-0.15, -0.1) is 6.58 Å². The fraction of sp³-hybridized carbons (Fsp3) is 0.778. The Morgan fingerprint density at radius 1 is 1.29 bits per heavy atom. The standard InChI is InChI=1S/C18H29NO5/c1-6-10-23-14-11-12-8-9-13(14)19(15(12)16(20)22-7-2)17(21)24-18(3,4)5/h6,12-15H,1,7-11H2,2-5H3/t12-,13+,14+,15+/m1/s1. The van der Waals surface area contributed by atoms with E-state index in [0.717, 1.165) is 19.3 Å². The zero-order chi connectivity index (χ0) is 17.9. The van der Waals surface area contributed by atoms with Crippen LogP contribution in [-0.4, -0.2) is 54.0 Å². The van der Waals surface area contributed by atoms with Crippen LogP contribution in [0.25, 0.3) is 0 Å². The lowest BCUT2D eigenvalue weighted by Gasteiger charge is -2.52. The van der Waals surface area contributed by atoms with Gasteiger partial charge in [-0.3, -0.25) is 4.90 Å². The Morgan fingerprint density at radius 2 is 2.00 bits per heavy atom. The van der Waals surface area contributed by atoms with Crippen molar-refractivity contribution >= 4 is 12.1 Å². The van der Waals surface area contributed by atoms with Crippen LogP contribution >= 0.6 is 0 Å². The van der Waals surface area contributed by atoms with Gasteiger partial charge in [-0.2, -0.15) is 0 Å². The van der Waals surface area contributed by atoms with E-state index in [1.54, 1.807) is 17.9 Å². The molecule has 3 rings (SSSR count). The fourth-order valence-electron chi connectivity index (χ4n) is 3.65. The van der Waals surface area contributed by atoms with Crippen molar-refractivity contribution in [2.24, 2.45) is 5.92 Å². The molecule has 1 amide bonds. The van der Waals surface area contributed by atoms with Crippen LogP contribution in [0.1, 0.15) is 47.0 Å². The maximum absolute atomic E-state index is 12.8. The molecule has 2 bridgehead atoms. The number of carbonyl (C=O) groups is 2. The zero-order valence-electron chi connectivity index (χ0n) is 15.1. The third-order valence-electron chi connectivity index (χ3n) is 4.46. The predicted octanol–water partition coefficient (Wildman–Crippen LogP) is 2.91. The molecule has 2 heterocycles. The minimum atomic E-state index is -0.621. The summed E-state index contributed by atoms with van der Waals surface area (Å²) in [4.78, 5) is 26.8. The molecule has 136 valence electrons. The van der Waals surface area contributed by atoms with Crippen LogP contribution in [0.2, 0.25) is 0 Å². The van der Waals surface area contributed by atoms with Crippen LogP contribution in [0.4, 0.5) is 4.79 Å². The summed E-state index contributed by atoms with van der Waals surface area (Å²) in [6, 6.07) is -0.749. The van der Waals surface area contributed by atoms with E-state index in [0.29, 0.717) is 13.2 Å². The molecular formula is C18H29NO5. The van der Waals surface area contributed by atoms with E-state index in [2.05, 4.69) is 6.58 Å². The zero-order valence-corrected chi connectivity index (χ0v) is 15.1. The average molecular weight is 339 g/mol. The number of rotatable bonds is 5. The van der Waals surface area contributed by atoms with Crippen LogP contribution in [-0.2, 0) is 19.0 Å². The van der Waals surface area contributed by atoms with Crippen LogP contribution in [0.5, 0.6) is 0 Å². The Morgan fingerprint density at radius 3 is 2.58 bits per heavy atom. The Balaban J connectivity index is 2.25. The van der Waals surface area contributed by atoms with Gasteiger partial charge in [0.2, 0.25) is 0 Å². The molecule has 3 fully saturated rings. The highest BCUT2D eigenvalue weighted by atomic mass is 16.6. The molecule has 6 nitrogen and oxygen atoms in total. The molecule has 0 spiro atoms. The molecule has 3 aliphatic rings. The topological polar surface area (TPSA) is 65.1 Å². The quantitative estimate of drug-likeness (QED) is 0.569. The molecule has 1 aliphatic carbocycles. The SMILES string of the molecule is C=CCO[C@H]1C[C@H]2CC[C@@H]1N(C(=O)OC(C)(C)C)[C@@H]2C(=O)OCC. The van der Waals surface area contributed by atoms with Gasteiger partial charge in [0, 0.05) is 0 Å². The fourth-order valence-corrected chi connectivity index (χ4v) is 3.65. The van der Waals surface area contributed by atoms with Crippen molar-refractivity contribution in [1.29, 1.82) is 0 Å². The first-order valence-electron chi connectivity index (χ1n) is 8.69. The monoisotopic (exact) mass is 339 g/mol. The molecule has 4 atom stereocenters. The van der Waals surface area contributed by atoms with E-state index < -0.39 is 17.7 Å². The Labute approximate surface area is 144 Å². The summed E-state index contributed by atoms with van der Waals surface area (Å²) in [5, 5.41) is 0. The third kappa shape index (κ3) is 4.09. The van der Waals surface area contributed by atoms with Gasteiger partial charge in [0.25, 0.3) is 0 Å². The Hall–Kier alpha value is -1.56. The molecular weight excluding hydrogens is 310 g/mol. The molecule has 1 saturated carbocycles. The highest BCUT2D eigenvalue weighted by Crippen LogP contribution is 2.42. The number of esters is 1. The van der Waals surface area contributed by atoms with Gasteiger partial charge in [0.15, 0.2) is 0 Å². The minimum Gasteiger partial charge on any atom is -0.464 e. The summed E-state index contributed by atoms with van der Waals surface area (Å²) in [5.41, 5.74) is -0.621. The maximum Gasteiger partial charge on any atom is 0.411 e. The third-order valence-corrected chi connectivity index (χ3v) is 4.46. The second-order valence-electron chi connectivity index (χ2n) is 7.39. The Kier molecular flexibility index (Phi) is 5.91. The van der Waals surface area contributed by atoms with E-state index in [1.165, 1.54) is 0 Å². The maximum atomic E-state index is 12.8. The van der Waals surface area contributed by atoms with Gasteiger partial charge in [-0.25, -0.2) is 9.59 Å². The summed E-state index contributed by atoms with van der Waals surface area (Å²) in [5.74, 6) is -0.309. The van der Waals surface area contributed by atoms with E-state index in [1.807, 2.05) is 20.8 Å². The van der Waals surface area contributed by atoms with Crippen LogP contribution in [0.15, 0.2) is 12.7 Å². The Bertz CT molecular complexity index is 484. The number of fused-ring (bicyclic) bond motifs is 3. The number of hydrogen-bond acceptors (Lipinski definition) is 5. The van der Waals surface area contributed by atoms with Crippen molar-refractivity contribution in [3.05, 3.63) is 12.7 Å². The smallest absolute Gasteiger partial charge is 0.411 e. The lowest BCUT2D eigenvalue weighted by Crippen LogP contribution is -2.66. The largest absolute Gasteiger partial charge is 0.464 e. The minimum absolute atomic E-state index is 0.0383. The molecule has 2 saturated heterocycles. The number of hydrogen-bond donors (Lipinski definition) is 0. The molecule has 0 N–H and O–H groups in total. The van der Waals surface area contributed by atoms with E-state index in [4.69, 9.17) is 14.2 Å². The molecule has 0 aromatic heterocycles. The molecule has 2 aliphatic heterocycles. The van der Waals surface area contributed by atoms with Gasteiger partial charge in [-0.05, 0) is 52.9 Å². The second kappa shape index (κ2) is 7.55. The molecule has 6 heteroatoms. The highest BCUT2D eigenvalue weighted by molar-refractivity contribution is 5.83. The number of piperidine rings is 2. The summed E-state index contributed by atoms with van der Waals surface area (Å²) in [7, 11) is 0. The summed E-state index contributed by atoms with van der Waals surface area (Å²) >= 11 is 0. The molecule has 0 unspecified atom stereocenters. The van der Waals surface area contributed by atoms with Crippen molar-refractivity contribution in [3.63, 3.8) is 0 Å². The highest BCUT2D eigenvalue weighted by Gasteiger charge is 2.54. The average Bonchev–Trinajstić information content (AvgIpc) is 2.51. The van der Waals surface area contributed by atoms with Crippen molar-refractivity contribution in [3.8, 4) is 0 Å². The first kappa shape index (κ1) is 18.8. The number of carbonyl (C=O) groups excluding carboxylic acids is 2. The number of ether oxygens (including phenoxy) is 3. The van der Waals surface area contributed by atoms with Crippen LogP contribution in [0.3, 0.4) is 0 Å². The van der Waals surface area contributed by atoms with Crippen LogP contribution in [0, 0.1) is 5.92 Å². The van der Waals surface area contributed by atoms with E-state index in [-0.39, 0.29) is 24.0 Å². The van der Waals surface area contributed by atoms with Gasteiger partial charge >= 0.3 is 12.1 Å². The first-order valence-corrected chi connectivity index (χ1v) is 8.69. The van der Waals surface area contributed by atoms with Crippen LogP contribution < -0.4 is 0 Å². The molecule has 0 radical (unpaired) electrons. The molecule has 24 heavy (non-hydrogen) atoms. The summed E-state index contributed by atoms with van der Waals surface area (Å²) in [6.45, 7) is 11.6. The molecule has 0 aromatic rings. The van der Waals surface area contributed by atoms with Gasteiger partial charge < -0.3 is 14.2 Å². The van der Waals surface area contributed by atoms with Crippen molar-refractivity contribution in [1.82, 2.24) is 4.90 Å². The number of nitrogens with zero attached hydrogens (tertiary/aromatic N) is 1. The van der Waals surface area contributed by atoms with Crippen molar-refractivity contribution in [2.45, 2.75) is 70.7 Å². The van der Waals surface area contributed by atoms with Crippen molar-refractivity contribution in [2.75, 3.05) is 13.2 Å². The first-order chi connectivity index (χ1) is 11.3. The molecule has 0 aromatic carbocycles. The van der Waals surface area contributed by atoms with E-state index >= 15 is 0 Å². The van der Waals surface area contributed by atoms with Crippen molar-refractivity contribution < 1.29 is 23.8 Å². The normalized spacial score (nSPS) is 29.2. The second-order valence-corrected chi connectivity index (χ2v) is 7.39. The summed E-state index contributed by atoms with van der Waals surface area (Å²) < 4.78 is 16.6.